The van der Waals surface area contributed by atoms with Gasteiger partial charge in [0.2, 0.25) is 0 Å². The zero-order chi connectivity index (χ0) is 18.4. The maximum atomic E-state index is 4.94. The first-order valence-corrected chi connectivity index (χ1v) is 9.63. The van der Waals surface area contributed by atoms with Crippen LogP contribution in [0.4, 0.5) is 0 Å². The number of fused-ring (bicyclic) bond motifs is 2. The first-order valence-electron chi connectivity index (χ1n) is 9.63. The Morgan fingerprint density at radius 3 is 2.70 bits per heavy atom. The Bertz CT molecular complexity index is 1140. The van der Waals surface area contributed by atoms with Gasteiger partial charge in [-0.05, 0) is 69.6 Å². The van der Waals surface area contributed by atoms with Crippen molar-refractivity contribution in [2.24, 2.45) is 0 Å². The molecule has 1 N–H and O–H groups in total. The van der Waals surface area contributed by atoms with Gasteiger partial charge in [0.05, 0.1) is 23.1 Å². The van der Waals surface area contributed by atoms with E-state index in [-0.39, 0.29) is 0 Å². The standard InChI is InChI=1S/C22H23N5/c1-14-11-21(26-27-13-15(2)24-22(14)27)18-4-6-20-17(12-18)3-5-19(25-20)16-7-9-23-10-8-16/h3-6,11-13,16,23H,7-10H2,1-2H3. The van der Waals surface area contributed by atoms with Crippen LogP contribution in [0.1, 0.15) is 35.7 Å². The van der Waals surface area contributed by atoms with Gasteiger partial charge in [0.25, 0.3) is 0 Å². The van der Waals surface area contributed by atoms with Gasteiger partial charge in [0.1, 0.15) is 0 Å². The summed E-state index contributed by atoms with van der Waals surface area (Å²) < 4.78 is 1.88. The molecule has 5 heteroatoms. The lowest BCUT2D eigenvalue weighted by Crippen LogP contribution is -2.27. The lowest BCUT2D eigenvalue weighted by atomic mass is 9.93. The Labute approximate surface area is 158 Å². The minimum absolute atomic E-state index is 0.575. The molecule has 0 atom stereocenters. The molecule has 1 fully saturated rings. The van der Waals surface area contributed by atoms with E-state index in [9.17, 15) is 0 Å². The summed E-state index contributed by atoms with van der Waals surface area (Å²) in [5.41, 5.74) is 7.39. The molecule has 3 aromatic heterocycles. The molecule has 1 saturated heterocycles. The van der Waals surface area contributed by atoms with Crippen LogP contribution < -0.4 is 5.32 Å². The largest absolute Gasteiger partial charge is 0.317 e. The molecule has 0 aliphatic carbocycles. The molecule has 1 aliphatic rings. The molecule has 1 aliphatic heterocycles. The summed E-state index contributed by atoms with van der Waals surface area (Å²) in [5.74, 6) is 0.575. The third kappa shape index (κ3) is 2.98. The molecule has 0 saturated carbocycles. The van der Waals surface area contributed by atoms with Crippen LogP contribution in [0.2, 0.25) is 0 Å². The maximum absolute atomic E-state index is 4.94. The van der Waals surface area contributed by atoms with Crippen LogP contribution >= 0.6 is 0 Å². The number of imidazole rings is 1. The third-order valence-electron chi connectivity index (χ3n) is 5.49. The molecule has 136 valence electrons. The van der Waals surface area contributed by atoms with E-state index in [0.717, 1.165) is 52.2 Å². The smallest absolute Gasteiger partial charge is 0.156 e. The Hall–Kier alpha value is -2.79. The molecule has 1 aromatic carbocycles. The van der Waals surface area contributed by atoms with Gasteiger partial charge in [-0.25, -0.2) is 9.50 Å². The summed E-state index contributed by atoms with van der Waals surface area (Å²) >= 11 is 0. The minimum Gasteiger partial charge on any atom is -0.317 e. The fourth-order valence-electron chi connectivity index (χ4n) is 4.03. The average Bonchev–Trinajstić information content (AvgIpc) is 3.09. The van der Waals surface area contributed by atoms with Gasteiger partial charge in [-0.3, -0.25) is 4.98 Å². The molecule has 0 amide bonds. The summed E-state index contributed by atoms with van der Waals surface area (Å²) in [6, 6.07) is 12.9. The number of aromatic nitrogens is 4. The number of pyridine rings is 1. The number of benzene rings is 1. The predicted molar refractivity (Wildman–Crippen MR) is 108 cm³/mol. The normalized spacial score (nSPS) is 15.6. The summed E-state index contributed by atoms with van der Waals surface area (Å²) in [6.45, 7) is 6.26. The van der Waals surface area contributed by atoms with E-state index in [4.69, 9.17) is 10.1 Å². The van der Waals surface area contributed by atoms with Gasteiger partial charge in [-0.1, -0.05) is 12.1 Å². The SMILES string of the molecule is Cc1cn2nc(-c3ccc4nc(C5CCNCC5)ccc4c3)cc(C)c2n1. The molecule has 27 heavy (non-hydrogen) atoms. The Morgan fingerprint density at radius 1 is 1.00 bits per heavy atom. The highest BCUT2D eigenvalue weighted by Gasteiger charge is 2.17. The number of nitrogens with one attached hydrogen (secondary N) is 1. The van der Waals surface area contributed by atoms with Crippen molar-refractivity contribution in [2.45, 2.75) is 32.6 Å². The van der Waals surface area contributed by atoms with E-state index in [2.05, 4.69) is 53.6 Å². The number of hydrogen-bond donors (Lipinski definition) is 1. The number of rotatable bonds is 2. The molecular formula is C22H23N5. The fraction of sp³-hybridized carbons (Fsp3) is 0.318. The van der Waals surface area contributed by atoms with Gasteiger partial charge in [0, 0.05) is 22.6 Å². The van der Waals surface area contributed by atoms with Crippen LogP contribution in [0.5, 0.6) is 0 Å². The second-order valence-electron chi connectivity index (χ2n) is 7.53. The van der Waals surface area contributed by atoms with E-state index < -0.39 is 0 Å². The molecule has 0 radical (unpaired) electrons. The van der Waals surface area contributed by atoms with E-state index in [1.165, 1.54) is 18.5 Å². The Morgan fingerprint density at radius 2 is 1.85 bits per heavy atom. The lowest BCUT2D eigenvalue weighted by Gasteiger charge is -2.22. The molecule has 4 heterocycles. The maximum Gasteiger partial charge on any atom is 0.156 e. The molecule has 0 bridgehead atoms. The highest BCUT2D eigenvalue weighted by Crippen LogP contribution is 2.28. The first kappa shape index (κ1) is 16.4. The average molecular weight is 357 g/mol. The number of piperidine rings is 1. The van der Waals surface area contributed by atoms with E-state index in [1.807, 2.05) is 17.6 Å². The highest BCUT2D eigenvalue weighted by atomic mass is 15.2. The van der Waals surface area contributed by atoms with Crippen LogP contribution in [0, 0.1) is 13.8 Å². The van der Waals surface area contributed by atoms with Crippen molar-refractivity contribution in [1.82, 2.24) is 24.9 Å². The molecule has 5 rings (SSSR count). The van der Waals surface area contributed by atoms with Gasteiger partial charge in [0.15, 0.2) is 5.65 Å². The molecule has 4 aromatic rings. The number of hydrogen-bond acceptors (Lipinski definition) is 4. The monoisotopic (exact) mass is 357 g/mol. The summed E-state index contributed by atoms with van der Waals surface area (Å²) in [6.07, 6.45) is 4.31. The van der Waals surface area contributed by atoms with E-state index in [0.29, 0.717) is 5.92 Å². The minimum atomic E-state index is 0.575. The zero-order valence-corrected chi connectivity index (χ0v) is 15.7. The quantitative estimate of drug-likeness (QED) is 0.588. The number of aryl methyl sites for hydroxylation is 2. The second-order valence-corrected chi connectivity index (χ2v) is 7.53. The predicted octanol–water partition coefficient (Wildman–Crippen LogP) is 4.03. The van der Waals surface area contributed by atoms with Crippen molar-refractivity contribution in [3.63, 3.8) is 0 Å². The number of nitrogens with zero attached hydrogens (tertiary/aromatic N) is 4. The van der Waals surface area contributed by atoms with E-state index in [1.54, 1.807) is 0 Å². The van der Waals surface area contributed by atoms with E-state index >= 15 is 0 Å². The second kappa shape index (κ2) is 6.43. The van der Waals surface area contributed by atoms with Crippen molar-refractivity contribution >= 4 is 16.6 Å². The first-order chi connectivity index (χ1) is 13.2. The van der Waals surface area contributed by atoms with Gasteiger partial charge < -0.3 is 5.32 Å². The topological polar surface area (TPSA) is 55.1 Å². The Balaban J connectivity index is 1.54. The van der Waals surface area contributed by atoms with Crippen molar-refractivity contribution in [3.05, 3.63) is 59.5 Å². The van der Waals surface area contributed by atoms with Gasteiger partial charge >= 0.3 is 0 Å². The summed E-state index contributed by atoms with van der Waals surface area (Å²) in [7, 11) is 0. The van der Waals surface area contributed by atoms with Gasteiger partial charge in [-0.2, -0.15) is 5.10 Å². The highest BCUT2D eigenvalue weighted by molar-refractivity contribution is 5.84. The lowest BCUT2D eigenvalue weighted by molar-refractivity contribution is 0.454. The molecule has 5 nitrogen and oxygen atoms in total. The van der Waals surface area contributed by atoms with Gasteiger partial charge in [-0.15, -0.1) is 0 Å². The van der Waals surface area contributed by atoms with Crippen molar-refractivity contribution in [1.29, 1.82) is 0 Å². The van der Waals surface area contributed by atoms with Crippen LogP contribution in [-0.4, -0.2) is 32.7 Å². The molecular weight excluding hydrogens is 334 g/mol. The van der Waals surface area contributed by atoms with Crippen molar-refractivity contribution < 1.29 is 0 Å². The third-order valence-corrected chi connectivity index (χ3v) is 5.49. The van der Waals surface area contributed by atoms with Crippen molar-refractivity contribution in [3.8, 4) is 11.3 Å². The fourth-order valence-corrected chi connectivity index (χ4v) is 4.03. The van der Waals surface area contributed by atoms with Crippen LogP contribution in [0.15, 0.2) is 42.6 Å². The molecule has 0 spiro atoms. The van der Waals surface area contributed by atoms with Crippen molar-refractivity contribution in [2.75, 3.05) is 13.1 Å². The Kier molecular flexibility index (Phi) is 3.90. The summed E-state index contributed by atoms with van der Waals surface area (Å²) in [4.78, 5) is 9.48. The zero-order valence-electron chi connectivity index (χ0n) is 15.7. The van der Waals surface area contributed by atoms with Crippen LogP contribution in [0.25, 0.3) is 27.8 Å². The molecule has 0 unspecified atom stereocenters. The summed E-state index contributed by atoms with van der Waals surface area (Å²) in [5, 5.41) is 9.34. The van der Waals surface area contributed by atoms with Crippen LogP contribution in [0.3, 0.4) is 0 Å². The van der Waals surface area contributed by atoms with Crippen LogP contribution in [-0.2, 0) is 0 Å².